The molecule has 0 radical (unpaired) electrons. The molecule has 1 heterocycles. The fourth-order valence-electron chi connectivity index (χ4n) is 2.94. The molecule has 9 heteroatoms. The highest BCUT2D eigenvalue weighted by Gasteiger charge is 2.40. The summed E-state index contributed by atoms with van der Waals surface area (Å²) in [6.07, 6.45) is -5.02. The fourth-order valence-corrected chi connectivity index (χ4v) is 3.11. The van der Waals surface area contributed by atoms with Gasteiger partial charge in [0, 0.05) is 11.6 Å². The third-order valence-corrected chi connectivity index (χ3v) is 4.79. The highest BCUT2D eigenvalue weighted by Crippen LogP contribution is 2.39. The third kappa shape index (κ3) is 4.40. The molecule has 0 fully saturated rings. The molecule has 164 valence electrons. The molecule has 0 aliphatic rings. The van der Waals surface area contributed by atoms with Gasteiger partial charge < -0.3 is 13.9 Å². The molecule has 32 heavy (non-hydrogen) atoms. The minimum absolute atomic E-state index is 0.0250. The van der Waals surface area contributed by atoms with E-state index in [1.54, 1.807) is 12.1 Å². The molecule has 0 N–H and O–H groups in total. The van der Waals surface area contributed by atoms with Gasteiger partial charge in [-0.15, -0.1) is 0 Å². The summed E-state index contributed by atoms with van der Waals surface area (Å²) in [5.41, 5.74) is -1.13. The van der Waals surface area contributed by atoms with Crippen LogP contribution in [0, 0.1) is 5.82 Å². The topological polar surface area (TPSA) is 48.7 Å². The summed E-state index contributed by atoms with van der Waals surface area (Å²) in [4.78, 5) is 12.8. The largest absolute Gasteiger partial charge is 0.489 e. The summed E-state index contributed by atoms with van der Waals surface area (Å²) in [6, 6.07) is 15.4. The number of para-hydroxylation sites is 1. The van der Waals surface area contributed by atoms with Gasteiger partial charge in [0.2, 0.25) is 11.2 Å². The molecule has 0 unspecified atom stereocenters. The highest BCUT2D eigenvalue weighted by molar-refractivity contribution is 6.32. The quantitative estimate of drug-likeness (QED) is 0.299. The zero-order valence-electron chi connectivity index (χ0n) is 16.1. The Balaban J connectivity index is 1.75. The second-order valence-electron chi connectivity index (χ2n) is 6.66. The van der Waals surface area contributed by atoms with Crippen LogP contribution < -0.4 is 14.9 Å². The Kier molecular flexibility index (Phi) is 5.80. The number of rotatable bonds is 5. The Morgan fingerprint density at radius 3 is 2.41 bits per heavy atom. The molecule has 4 aromatic rings. The minimum Gasteiger partial charge on any atom is -0.489 e. The van der Waals surface area contributed by atoms with E-state index in [2.05, 4.69) is 0 Å². The Labute approximate surface area is 183 Å². The summed E-state index contributed by atoms with van der Waals surface area (Å²) >= 11 is 5.95. The second-order valence-corrected chi connectivity index (χ2v) is 7.06. The van der Waals surface area contributed by atoms with Crippen LogP contribution in [0.3, 0.4) is 0 Å². The molecule has 3 aromatic carbocycles. The Bertz CT molecular complexity index is 1350. The maximum absolute atomic E-state index is 13.7. The molecule has 0 amide bonds. The van der Waals surface area contributed by atoms with Crippen molar-refractivity contribution < 1.29 is 31.5 Å². The number of hydrogen-bond acceptors (Lipinski definition) is 4. The van der Waals surface area contributed by atoms with E-state index in [4.69, 9.17) is 25.5 Å². The standard InChI is InChI=1S/C23H13ClF4O4/c24-16-6-2-4-8-18(16)31-21-20(29)15-10-9-14(11-19(15)32-22(21)23(26,27)28)30-12-13-5-1-3-7-17(13)25/h1-11H,12H2. The van der Waals surface area contributed by atoms with E-state index >= 15 is 0 Å². The number of ether oxygens (including phenoxy) is 2. The van der Waals surface area contributed by atoms with Crippen molar-refractivity contribution in [2.24, 2.45) is 0 Å². The van der Waals surface area contributed by atoms with Gasteiger partial charge in [0.15, 0.2) is 0 Å². The van der Waals surface area contributed by atoms with E-state index < -0.39 is 28.9 Å². The molecule has 0 saturated heterocycles. The van der Waals surface area contributed by atoms with Crippen molar-refractivity contribution in [3.63, 3.8) is 0 Å². The zero-order chi connectivity index (χ0) is 22.9. The monoisotopic (exact) mass is 464 g/mol. The zero-order valence-corrected chi connectivity index (χ0v) is 16.8. The van der Waals surface area contributed by atoms with Crippen LogP contribution in [-0.4, -0.2) is 0 Å². The predicted octanol–water partition coefficient (Wildman–Crippen LogP) is 6.98. The molecule has 0 spiro atoms. The van der Waals surface area contributed by atoms with E-state index in [1.165, 1.54) is 48.5 Å². The molecule has 0 atom stereocenters. The van der Waals surface area contributed by atoms with E-state index in [0.29, 0.717) is 0 Å². The van der Waals surface area contributed by atoms with Crippen LogP contribution in [0.1, 0.15) is 11.3 Å². The van der Waals surface area contributed by atoms with Crippen LogP contribution in [0.15, 0.2) is 75.9 Å². The van der Waals surface area contributed by atoms with E-state index in [1.807, 2.05) is 0 Å². The van der Waals surface area contributed by atoms with Gasteiger partial charge in [-0.3, -0.25) is 4.79 Å². The lowest BCUT2D eigenvalue weighted by Gasteiger charge is -2.14. The first-order chi connectivity index (χ1) is 15.2. The SMILES string of the molecule is O=c1c(Oc2ccccc2Cl)c(C(F)(F)F)oc2cc(OCc3ccccc3F)ccc12. The van der Waals surface area contributed by atoms with E-state index in [9.17, 15) is 22.4 Å². The summed E-state index contributed by atoms with van der Waals surface area (Å²) in [5.74, 6) is -3.16. The molecule has 0 aliphatic carbocycles. The average Bonchev–Trinajstić information content (AvgIpc) is 2.75. The van der Waals surface area contributed by atoms with Crippen LogP contribution in [0.5, 0.6) is 17.2 Å². The Morgan fingerprint density at radius 2 is 1.69 bits per heavy atom. The molecule has 0 aliphatic heterocycles. The first-order valence-electron chi connectivity index (χ1n) is 9.20. The van der Waals surface area contributed by atoms with Crippen LogP contribution in [-0.2, 0) is 12.8 Å². The van der Waals surface area contributed by atoms with E-state index in [0.717, 1.165) is 6.07 Å². The molecule has 4 nitrogen and oxygen atoms in total. The van der Waals surface area contributed by atoms with Gasteiger partial charge in [-0.1, -0.05) is 41.9 Å². The minimum atomic E-state index is -5.02. The van der Waals surface area contributed by atoms with Gasteiger partial charge in [0.05, 0.1) is 10.4 Å². The molecule has 4 rings (SSSR count). The maximum atomic E-state index is 13.7. The Morgan fingerprint density at radius 1 is 0.969 bits per heavy atom. The van der Waals surface area contributed by atoms with Crippen molar-refractivity contribution in [1.82, 2.24) is 0 Å². The van der Waals surface area contributed by atoms with Crippen LogP contribution in [0.25, 0.3) is 11.0 Å². The summed E-state index contributed by atoms with van der Waals surface area (Å²) in [5, 5.41) is -0.129. The lowest BCUT2D eigenvalue weighted by atomic mass is 10.2. The molecule has 0 bridgehead atoms. The van der Waals surface area contributed by atoms with Gasteiger partial charge >= 0.3 is 6.18 Å². The highest BCUT2D eigenvalue weighted by atomic mass is 35.5. The molecule has 1 aromatic heterocycles. The van der Waals surface area contributed by atoms with Gasteiger partial charge in [-0.05, 0) is 30.3 Å². The van der Waals surface area contributed by atoms with Crippen molar-refractivity contribution in [3.05, 3.63) is 99.1 Å². The number of fused-ring (bicyclic) bond motifs is 1. The lowest BCUT2D eigenvalue weighted by Crippen LogP contribution is -2.15. The normalized spacial score (nSPS) is 11.5. The number of hydrogen-bond donors (Lipinski definition) is 0. The lowest BCUT2D eigenvalue weighted by molar-refractivity contribution is -0.154. The summed E-state index contributed by atoms with van der Waals surface area (Å²) in [6.45, 7) is -0.164. The van der Waals surface area contributed by atoms with Crippen LogP contribution >= 0.6 is 11.6 Å². The van der Waals surface area contributed by atoms with Gasteiger partial charge in [-0.25, -0.2) is 4.39 Å². The second kappa shape index (κ2) is 8.55. The molecule has 0 saturated carbocycles. The van der Waals surface area contributed by atoms with Crippen LogP contribution in [0.4, 0.5) is 17.6 Å². The summed E-state index contributed by atoms with van der Waals surface area (Å²) < 4.78 is 70.4. The van der Waals surface area contributed by atoms with E-state index in [-0.39, 0.29) is 39.7 Å². The van der Waals surface area contributed by atoms with Crippen molar-refractivity contribution in [2.45, 2.75) is 12.8 Å². The predicted molar refractivity (Wildman–Crippen MR) is 110 cm³/mol. The number of halogens is 5. The van der Waals surface area contributed by atoms with Gasteiger partial charge in [0.25, 0.3) is 5.76 Å². The first kappa shape index (κ1) is 21.7. The fraction of sp³-hybridized carbons (Fsp3) is 0.0870. The van der Waals surface area contributed by atoms with Crippen molar-refractivity contribution in [1.29, 1.82) is 0 Å². The van der Waals surface area contributed by atoms with Gasteiger partial charge in [0.1, 0.15) is 29.5 Å². The summed E-state index contributed by atoms with van der Waals surface area (Å²) in [7, 11) is 0. The molecular weight excluding hydrogens is 452 g/mol. The smallest absolute Gasteiger partial charge is 0.453 e. The van der Waals surface area contributed by atoms with Crippen molar-refractivity contribution in [2.75, 3.05) is 0 Å². The third-order valence-electron chi connectivity index (χ3n) is 4.48. The van der Waals surface area contributed by atoms with Gasteiger partial charge in [-0.2, -0.15) is 13.2 Å². The van der Waals surface area contributed by atoms with Crippen LogP contribution in [0.2, 0.25) is 5.02 Å². The maximum Gasteiger partial charge on any atom is 0.453 e. The van der Waals surface area contributed by atoms with Crippen molar-refractivity contribution >= 4 is 22.6 Å². The number of alkyl halides is 3. The Hall–Kier alpha value is -3.52. The number of benzene rings is 3. The first-order valence-corrected chi connectivity index (χ1v) is 9.58. The average molecular weight is 465 g/mol. The van der Waals surface area contributed by atoms with Crippen molar-refractivity contribution in [3.8, 4) is 17.2 Å². The molecular formula is C23H13ClF4O4.